The maximum absolute atomic E-state index is 9.64. The van der Waals surface area contributed by atoms with Gasteiger partial charge in [0.15, 0.2) is 0 Å². The number of aliphatic hydroxyl groups is 1. The zero-order valence-electron chi connectivity index (χ0n) is 9.62. The van der Waals surface area contributed by atoms with Crippen molar-refractivity contribution in [3.8, 4) is 0 Å². The average molecular weight is 202 g/mol. The van der Waals surface area contributed by atoms with Crippen LogP contribution < -0.4 is 0 Å². The second-order valence-electron chi connectivity index (χ2n) is 5.03. The van der Waals surface area contributed by atoms with E-state index in [-0.39, 0.29) is 11.5 Å². The molecule has 0 bridgehead atoms. The minimum absolute atomic E-state index is 0.0380. The van der Waals surface area contributed by atoms with E-state index < -0.39 is 0 Å². The van der Waals surface area contributed by atoms with Crippen LogP contribution in [0.2, 0.25) is 0 Å². The molecule has 1 unspecified atom stereocenters. The zero-order valence-corrected chi connectivity index (χ0v) is 9.62. The Hall–Kier alpha value is -1.08. The second-order valence-corrected chi connectivity index (χ2v) is 5.03. The van der Waals surface area contributed by atoms with Gasteiger partial charge in [0.25, 0.3) is 0 Å². The Morgan fingerprint density at radius 3 is 2.67 bits per heavy atom. The molecule has 2 rings (SSSR count). The molecule has 0 aromatic heterocycles. The number of aryl methyl sites for hydroxylation is 1. The molecule has 1 aliphatic carbocycles. The van der Waals surface area contributed by atoms with Crippen LogP contribution in [0.15, 0.2) is 29.8 Å². The van der Waals surface area contributed by atoms with Gasteiger partial charge < -0.3 is 5.11 Å². The Labute approximate surface area is 91.4 Å². The predicted octanol–water partition coefficient (Wildman–Crippen LogP) is 3.17. The third-order valence-corrected chi connectivity index (χ3v) is 3.46. The first-order chi connectivity index (χ1) is 7.00. The summed E-state index contributed by atoms with van der Waals surface area (Å²) in [5.41, 5.74) is 3.83. The lowest BCUT2D eigenvalue weighted by atomic mass is 9.64. The lowest BCUT2D eigenvalue weighted by Gasteiger charge is -2.44. The maximum atomic E-state index is 9.64. The van der Waals surface area contributed by atoms with Gasteiger partial charge in [-0.05, 0) is 18.9 Å². The van der Waals surface area contributed by atoms with E-state index in [1.807, 2.05) is 0 Å². The van der Waals surface area contributed by atoms with Crippen LogP contribution in [-0.4, -0.2) is 11.2 Å². The Balaban J connectivity index is 2.26. The van der Waals surface area contributed by atoms with Crippen LogP contribution in [-0.2, 0) is 0 Å². The first-order valence-corrected chi connectivity index (χ1v) is 5.46. The van der Waals surface area contributed by atoms with Gasteiger partial charge in [0.05, 0.1) is 6.10 Å². The van der Waals surface area contributed by atoms with Gasteiger partial charge in [-0.15, -0.1) is 0 Å². The van der Waals surface area contributed by atoms with E-state index in [1.54, 1.807) is 0 Å². The van der Waals surface area contributed by atoms with Gasteiger partial charge in [-0.1, -0.05) is 55.3 Å². The SMILES string of the molecule is Cc1cccc(/C=C2\CC(O)C2(C)C)c1. The minimum Gasteiger partial charge on any atom is -0.392 e. The van der Waals surface area contributed by atoms with E-state index >= 15 is 0 Å². The molecule has 0 aliphatic heterocycles. The molecule has 15 heavy (non-hydrogen) atoms. The molecular weight excluding hydrogens is 184 g/mol. The molecule has 1 aliphatic rings. The predicted molar refractivity (Wildman–Crippen MR) is 63.6 cm³/mol. The van der Waals surface area contributed by atoms with Crippen molar-refractivity contribution in [3.63, 3.8) is 0 Å². The summed E-state index contributed by atoms with van der Waals surface area (Å²) >= 11 is 0. The molecule has 0 radical (unpaired) electrons. The van der Waals surface area contributed by atoms with Gasteiger partial charge in [-0.3, -0.25) is 0 Å². The van der Waals surface area contributed by atoms with Crippen molar-refractivity contribution in [2.24, 2.45) is 5.41 Å². The summed E-state index contributed by atoms with van der Waals surface area (Å²) in [6.07, 6.45) is 2.86. The molecular formula is C14H18O. The first-order valence-electron chi connectivity index (χ1n) is 5.46. The lowest BCUT2D eigenvalue weighted by molar-refractivity contribution is 0.0195. The Morgan fingerprint density at radius 2 is 2.13 bits per heavy atom. The molecule has 1 fully saturated rings. The summed E-state index contributed by atoms with van der Waals surface area (Å²) in [7, 11) is 0. The maximum Gasteiger partial charge on any atom is 0.0665 e. The van der Waals surface area contributed by atoms with Crippen LogP contribution in [0.4, 0.5) is 0 Å². The quantitative estimate of drug-likeness (QED) is 0.741. The Morgan fingerprint density at radius 1 is 1.40 bits per heavy atom. The Bertz CT molecular complexity index is 402. The molecule has 1 nitrogen and oxygen atoms in total. The molecule has 1 saturated carbocycles. The third-order valence-electron chi connectivity index (χ3n) is 3.46. The fraction of sp³-hybridized carbons (Fsp3) is 0.429. The molecule has 0 amide bonds. The van der Waals surface area contributed by atoms with Crippen LogP contribution in [0.1, 0.15) is 31.4 Å². The van der Waals surface area contributed by atoms with E-state index in [1.165, 1.54) is 16.7 Å². The number of hydrogen-bond acceptors (Lipinski definition) is 1. The van der Waals surface area contributed by atoms with Crippen molar-refractivity contribution in [3.05, 3.63) is 41.0 Å². The average Bonchev–Trinajstić information content (AvgIpc) is 2.17. The van der Waals surface area contributed by atoms with Crippen LogP contribution in [0.3, 0.4) is 0 Å². The summed E-state index contributed by atoms with van der Waals surface area (Å²) in [6.45, 7) is 6.30. The largest absolute Gasteiger partial charge is 0.392 e. The van der Waals surface area contributed by atoms with Gasteiger partial charge in [0.1, 0.15) is 0 Å². The fourth-order valence-electron chi connectivity index (χ4n) is 2.02. The van der Waals surface area contributed by atoms with Crippen molar-refractivity contribution >= 4 is 6.08 Å². The summed E-state index contributed by atoms with van der Waals surface area (Å²) in [6, 6.07) is 8.46. The van der Waals surface area contributed by atoms with Crippen molar-refractivity contribution in [2.75, 3.05) is 0 Å². The van der Waals surface area contributed by atoms with Crippen LogP contribution in [0.5, 0.6) is 0 Å². The highest BCUT2D eigenvalue weighted by atomic mass is 16.3. The smallest absolute Gasteiger partial charge is 0.0665 e. The van der Waals surface area contributed by atoms with Crippen LogP contribution >= 0.6 is 0 Å². The van der Waals surface area contributed by atoms with Gasteiger partial charge in [0, 0.05) is 5.41 Å². The monoisotopic (exact) mass is 202 g/mol. The third kappa shape index (κ3) is 1.84. The van der Waals surface area contributed by atoms with E-state index in [0.29, 0.717) is 0 Å². The first kappa shape index (κ1) is 10.4. The van der Waals surface area contributed by atoms with E-state index in [4.69, 9.17) is 0 Å². The van der Waals surface area contributed by atoms with Crippen LogP contribution in [0.25, 0.3) is 6.08 Å². The molecule has 1 aromatic carbocycles. The normalized spacial score (nSPS) is 26.4. The molecule has 0 spiro atoms. The highest BCUT2D eigenvalue weighted by molar-refractivity contribution is 5.57. The molecule has 1 aromatic rings. The summed E-state index contributed by atoms with van der Waals surface area (Å²) in [5, 5.41) is 9.64. The molecule has 1 N–H and O–H groups in total. The van der Waals surface area contributed by atoms with Crippen molar-refractivity contribution in [1.29, 1.82) is 0 Å². The summed E-state index contributed by atoms with van der Waals surface area (Å²) < 4.78 is 0. The van der Waals surface area contributed by atoms with Gasteiger partial charge >= 0.3 is 0 Å². The van der Waals surface area contributed by atoms with Crippen molar-refractivity contribution < 1.29 is 5.11 Å². The van der Waals surface area contributed by atoms with E-state index in [9.17, 15) is 5.11 Å². The fourth-order valence-corrected chi connectivity index (χ4v) is 2.02. The summed E-state index contributed by atoms with van der Waals surface area (Å²) in [4.78, 5) is 0. The van der Waals surface area contributed by atoms with Crippen molar-refractivity contribution in [1.82, 2.24) is 0 Å². The molecule has 1 heteroatoms. The standard InChI is InChI=1S/C14H18O/c1-10-5-4-6-11(7-10)8-12-9-13(15)14(12,2)3/h4-8,13,15H,9H2,1-3H3/b12-8+. The number of benzene rings is 1. The zero-order chi connectivity index (χ0) is 11.1. The Kier molecular flexibility index (Phi) is 2.43. The lowest BCUT2D eigenvalue weighted by Crippen LogP contribution is -2.42. The molecule has 0 saturated heterocycles. The topological polar surface area (TPSA) is 20.2 Å². The highest BCUT2D eigenvalue weighted by Gasteiger charge is 2.41. The van der Waals surface area contributed by atoms with E-state index in [2.05, 4.69) is 51.1 Å². The van der Waals surface area contributed by atoms with Crippen LogP contribution in [0, 0.1) is 12.3 Å². The minimum atomic E-state index is -0.173. The van der Waals surface area contributed by atoms with Gasteiger partial charge in [-0.25, -0.2) is 0 Å². The van der Waals surface area contributed by atoms with Crippen molar-refractivity contribution in [2.45, 2.75) is 33.3 Å². The molecule has 1 atom stereocenters. The molecule has 80 valence electrons. The summed E-state index contributed by atoms with van der Waals surface area (Å²) in [5.74, 6) is 0. The highest BCUT2D eigenvalue weighted by Crippen LogP contribution is 2.46. The second kappa shape index (κ2) is 3.49. The van der Waals surface area contributed by atoms with Gasteiger partial charge in [-0.2, -0.15) is 0 Å². The molecule has 0 heterocycles. The van der Waals surface area contributed by atoms with Gasteiger partial charge in [0.2, 0.25) is 0 Å². The number of aliphatic hydroxyl groups excluding tert-OH is 1. The van der Waals surface area contributed by atoms with E-state index in [0.717, 1.165) is 6.42 Å². The number of rotatable bonds is 1. The number of hydrogen-bond donors (Lipinski definition) is 1.